The maximum atomic E-state index is 8.44. The van der Waals surface area contributed by atoms with Gasteiger partial charge in [-0.15, -0.1) is 0 Å². The Balaban J connectivity index is 3.16. The lowest BCUT2D eigenvalue weighted by atomic mass is 10.2. The SMILES string of the molecule is CC(S)C(S)CCCO. The Morgan fingerprint density at radius 2 is 2.00 bits per heavy atom. The predicted octanol–water partition coefficient (Wildman–Crippen LogP) is 1.38. The van der Waals surface area contributed by atoms with Crippen LogP contribution in [0.1, 0.15) is 19.8 Å². The van der Waals surface area contributed by atoms with E-state index in [-0.39, 0.29) is 6.61 Å². The van der Waals surface area contributed by atoms with Crippen molar-refractivity contribution in [3.8, 4) is 0 Å². The fourth-order valence-electron chi connectivity index (χ4n) is 0.542. The maximum Gasteiger partial charge on any atom is 0.0431 e. The third kappa shape index (κ3) is 5.12. The monoisotopic (exact) mass is 166 g/mol. The molecule has 9 heavy (non-hydrogen) atoms. The van der Waals surface area contributed by atoms with Crippen LogP contribution in [0.3, 0.4) is 0 Å². The standard InChI is InChI=1S/C6H14OS2/c1-5(8)6(9)3-2-4-7/h5-9H,2-4H2,1H3. The molecule has 0 saturated heterocycles. The minimum Gasteiger partial charge on any atom is -0.396 e. The predicted molar refractivity (Wildman–Crippen MR) is 47.5 cm³/mol. The molecule has 3 heteroatoms. The van der Waals surface area contributed by atoms with Crippen LogP contribution >= 0.6 is 25.3 Å². The number of aliphatic hydroxyl groups is 1. The molecule has 0 saturated carbocycles. The first kappa shape index (κ1) is 9.66. The average Bonchev–Trinajstić information content (AvgIpc) is 1.82. The summed E-state index contributed by atoms with van der Waals surface area (Å²) < 4.78 is 0. The first-order valence-electron chi connectivity index (χ1n) is 3.15. The Kier molecular flexibility index (Phi) is 5.84. The lowest BCUT2D eigenvalue weighted by Gasteiger charge is -2.11. The van der Waals surface area contributed by atoms with Crippen LogP contribution in [0.4, 0.5) is 0 Å². The fraction of sp³-hybridized carbons (Fsp3) is 1.00. The van der Waals surface area contributed by atoms with E-state index in [0.29, 0.717) is 10.5 Å². The zero-order chi connectivity index (χ0) is 7.28. The van der Waals surface area contributed by atoms with Gasteiger partial charge < -0.3 is 5.11 Å². The summed E-state index contributed by atoms with van der Waals surface area (Å²) in [5, 5.41) is 9.08. The summed E-state index contributed by atoms with van der Waals surface area (Å²) in [6, 6.07) is 0. The highest BCUT2D eigenvalue weighted by Gasteiger charge is 2.06. The van der Waals surface area contributed by atoms with E-state index < -0.39 is 0 Å². The highest BCUT2D eigenvalue weighted by molar-refractivity contribution is 7.85. The van der Waals surface area contributed by atoms with Gasteiger partial charge in [0.1, 0.15) is 0 Å². The average molecular weight is 166 g/mol. The van der Waals surface area contributed by atoms with Gasteiger partial charge in [-0.1, -0.05) is 6.92 Å². The summed E-state index contributed by atoms with van der Waals surface area (Å²) in [7, 11) is 0. The normalized spacial score (nSPS) is 17.3. The molecule has 1 nitrogen and oxygen atoms in total. The Bertz CT molecular complexity index is 66.1. The first-order chi connectivity index (χ1) is 4.18. The van der Waals surface area contributed by atoms with Crippen LogP contribution in [0.25, 0.3) is 0 Å². The second kappa shape index (κ2) is 5.45. The van der Waals surface area contributed by atoms with Crippen LogP contribution in [0.5, 0.6) is 0 Å². The zero-order valence-corrected chi connectivity index (χ0v) is 7.41. The third-order valence-electron chi connectivity index (χ3n) is 1.21. The molecule has 56 valence electrons. The van der Waals surface area contributed by atoms with E-state index in [4.69, 9.17) is 5.11 Å². The molecule has 0 aromatic carbocycles. The molecular weight excluding hydrogens is 152 g/mol. The van der Waals surface area contributed by atoms with Crippen LogP contribution in [-0.2, 0) is 0 Å². The van der Waals surface area contributed by atoms with Gasteiger partial charge >= 0.3 is 0 Å². The smallest absolute Gasteiger partial charge is 0.0431 e. The molecule has 0 spiro atoms. The Morgan fingerprint density at radius 3 is 2.33 bits per heavy atom. The van der Waals surface area contributed by atoms with Crippen molar-refractivity contribution in [1.29, 1.82) is 0 Å². The molecule has 0 aromatic rings. The van der Waals surface area contributed by atoms with Crippen molar-refractivity contribution in [2.24, 2.45) is 0 Å². The molecule has 0 aromatic heterocycles. The molecule has 2 unspecified atom stereocenters. The van der Waals surface area contributed by atoms with Gasteiger partial charge in [0, 0.05) is 17.1 Å². The molecular formula is C6H14OS2. The summed E-state index contributed by atoms with van der Waals surface area (Å²) in [4.78, 5) is 0. The number of aliphatic hydroxyl groups excluding tert-OH is 1. The third-order valence-corrected chi connectivity index (χ3v) is 2.52. The van der Waals surface area contributed by atoms with E-state index in [2.05, 4.69) is 25.3 Å². The Morgan fingerprint density at radius 1 is 1.44 bits per heavy atom. The molecule has 0 heterocycles. The van der Waals surface area contributed by atoms with Gasteiger partial charge in [0.25, 0.3) is 0 Å². The van der Waals surface area contributed by atoms with Gasteiger partial charge in [0.2, 0.25) is 0 Å². The van der Waals surface area contributed by atoms with Crippen molar-refractivity contribution in [2.75, 3.05) is 6.61 Å². The fourth-order valence-corrected chi connectivity index (χ4v) is 0.873. The number of hydrogen-bond acceptors (Lipinski definition) is 3. The Labute approximate surface area is 67.7 Å². The number of thiol groups is 2. The van der Waals surface area contributed by atoms with Gasteiger partial charge in [0.05, 0.1) is 0 Å². The van der Waals surface area contributed by atoms with Crippen molar-refractivity contribution >= 4 is 25.3 Å². The summed E-state index contributed by atoms with van der Waals surface area (Å²) in [5.74, 6) is 0. The zero-order valence-electron chi connectivity index (χ0n) is 5.62. The van der Waals surface area contributed by atoms with E-state index in [1.165, 1.54) is 0 Å². The van der Waals surface area contributed by atoms with Crippen molar-refractivity contribution < 1.29 is 5.11 Å². The van der Waals surface area contributed by atoms with E-state index >= 15 is 0 Å². The lowest BCUT2D eigenvalue weighted by molar-refractivity contribution is 0.284. The quantitative estimate of drug-likeness (QED) is 0.539. The summed E-state index contributed by atoms with van der Waals surface area (Å²) in [6.07, 6.45) is 1.78. The largest absolute Gasteiger partial charge is 0.396 e. The highest BCUT2D eigenvalue weighted by Crippen LogP contribution is 2.13. The van der Waals surface area contributed by atoms with Crippen LogP contribution in [0, 0.1) is 0 Å². The second-order valence-corrected chi connectivity index (χ2v) is 3.65. The van der Waals surface area contributed by atoms with Gasteiger partial charge in [-0.3, -0.25) is 0 Å². The number of rotatable bonds is 4. The van der Waals surface area contributed by atoms with Gasteiger partial charge in [-0.2, -0.15) is 25.3 Å². The lowest BCUT2D eigenvalue weighted by Crippen LogP contribution is -2.11. The summed E-state index contributed by atoms with van der Waals surface area (Å²) in [6.45, 7) is 2.27. The molecule has 1 N–H and O–H groups in total. The van der Waals surface area contributed by atoms with Crippen molar-refractivity contribution in [1.82, 2.24) is 0 Å². The first-order valence-corrected chi connectivity index (χ1v) is 4.18. The molecule has 0 fully saturated rings. The Hall–Kier alpha value is 0.660. The molecule has 0 rings (SSSR count). The van der Waals surface area contributed by atoms with Gasteiger partial charge in [-0.25, -0.2) is 0 Å². The van der Waals surface area contributed by atoms with Gasteiger partial charge in [-0.05, 0) is 12.8 Å². The maximum absolute atomic E-state index is 8.44. The van der Waals surface area contributed by atoms with E-state index in [9.17, 15) is 0 Å². The van der Waals surface area contributed by atoms with Crippen LogP contribution in [-0.4, -0.2) is 22.2 Å². The second-order valence-electron chi connectivity index (χ2n) is 2.17. The minimum absolute atomic E-state index is 0.261. The van der Waals surface area contributed by atoms with E-state index in [1.807, 2.05) is 6.92 Å². The molecule has 0 aliphatic carbocycles. The number of hydrogen-bond donors (Lipinski definition) is 3. The molecule has 0 bridgehead atoms. The minimum atomic E-state index is 0.261. The van der Waals surface area contributed by atoms with E-state index in [1.54, 1.807) is 0 Å². The van der Waals surface area contributed by atoms with Crippen molar-refractivity contribution in [3.05, 3.63) is 0 Å². The summed E-state index contributed by atoms with van der Waals surface area (Å²) >= 11 is 8.48. The van der Waals surface area contributed by atoms with Crippen LogP contribution in [0.15, 0.2) is 0 Å². The topological polar surface area (TPSA) is 20.2 Å². The molecule has 0 radical (unpaired) electrons. The highest BCUT2D eigenvalue weighted by atomic mass is 32.1. The van der Waals surface area contributed by atoms with Gasteiger partial charge in [0.15, 0.2) is 0 Å². The molecule has 0 amide bonds. The van der Waals surface area contributed by atoms with E-state index in [0.717, 1.165) is 12.8 Å². The molecule has 2 atom stereocenters. The van der Waals surface area contributed by atoms with Crippen LogP contribution in [0.2, 0.25) is 0 Å². The molecule has 0 aliphatic rings. The van der Waals surface area contributed by atoms with Crippen molar-refractivity contribution in [3.63, 3.8) is 0 Å². The summed E-state index contributed by atoms with van der Waals surface area (Å²) in [5.41, 5.74) is 0. The van der Waals surface area contributed by atoms with Crippen molar-refractivity contribution in [2.45, 2.75) is 30.3 Å². The van der Waals surface area contributed by atoms with Crippen LogP contribution < -0.4 is 0 Å². The molecule has 0 aliphatic heterocycles.